The Hall–Kier alpha value is -3.69. The third-order valence-corrected chi connectivity index (χ3v) is 6.38. The Balaban J connectivity index is 1.25. The number of carbonyl (C=O) groups excluding carboxylic acids is 3. The van der Waals surface area contributed by atoms with Crippen molar-refractivity contribution in [3.63, 3.8) is 0 Å². The Bertz CT molecular complexity index is 1000. The van der Waals surface area contributed by atoms with Crippen LogP contribution in [-0.2, 0) is 16.1 Å². The van der Waals surface area contributed by atoms with Crippen molar-refractivity contribution in [2.45, 2.75) is 45.7 Å². The van der Waals surface area contributed by atoms with Gasteiger partial charge in [-0.2, -0.15) is 0 Å². The highest BCUT2D eigenvalue weighted by molar-refractivity contribution is 6.02. The van der Waals surface area contributed by atoms with E-state index in [-0.39, 0.29) is 6.42 Å². The minimum Gasteiger partial charge on any atom is -0.353 e. The predicted octanol–water partition coefficient (Wildman–Crippen LogP) is 2.31. The molecule has 0 aliphatic carbocycles. The van der Waals surface area contributed by atoms with Gasteiger partial charge in [-0.25, -0.2) is 14.8 Å². The van der Waals surface area contributed by atoms with Crippen molar-refractivity contribution in [3.05, 3.63) is 42.2 Å². The Labute approximate surface area is 198 Å². The molecule has 1 atom stereocenters. The van der Waals surface area contributed by atoms with Crippen LogP contribution in [0.1, 0.15) is 38.7 Å². The van der Waals surface area contributed by atoms with Crippen molar-refractivity contribution in [1.82, 2.24) is 25.9 Å². The quantitative estimate of drug-likeness (QED) is 0.494. The minimum absolute atomic E-state index is 0.0719. The van der Waals surface area contributed by atoms with Crippen LogP contribution >= 0.6 is 0 Å². The Kier molecular flexibility index (Phi) is 7.24. The second-order valence-corrected chi connectivity index (χ2v) is 9.16. The molecule has 2 saturated heterocycles. The minimum atomic E-state index is -0.855. The summed E-state index contributed by atoms with van der Waals surface area (Å²) in [5.74, 6) is 1.41. The lowest BCUT2D eigenvalue weighted by molar-refractivity contribution is -0.128. The highest BCUT2D eigenvalue weighted by atomic mass is 16.2. The van der Waals surface area contributed by atoms with E-state index in [1.807, 2.05) is 24.3 Å². The van der Waals surface area contributed by atoms with E-state index < -0.39 is 23.9 Å². The van der Waals surface area contributed by atoms with Crippen LogP contribution in [0, 0.1) is 11.8 Å². The summed E-state index contributed by atoms with van der Waals surface area (Å²) in [6.07, 6.45) is 5.87. The molecule has 4 N–H and O–H groups in total. The van der Waals surface area contributed by atoms with Gasteiger partial charge < -0.3 is 20.9 Å². The fourth-order valence-electron chi connectivity index (χ4n) is 4.27. The van der Waals surface area contributed by atoms with Crippen LogP contribution in [0.15, 0.2) is 36.7 Å². The average Bonchev–Trinajstić information content (AvgIpc) is 2.83. The Morgan fingerprint density at radius 1 is 1.09 bits per heavy atom. The molecule has 1 aromatic heterocycles. The molecular formula is C24H31N7O3. The monoisotopic (exact) mass is 465 g/mol. The zero-order valence-electron chi connectivity index (χ0n) is 19.5. The van der Waals surface area contributed by atoms with Crippen molar-refractivity contribution < 1.29 is 14.4 Å². The molecule has 1 aromatic carbocycles. The van der Waals surface area contributed by atoms with Crippen LogP contribution in [0.4, 0.5) is 22.1 Å². The van der Waals surface area contributed by atoms with Gasteiger partial charge in [-0.05, 0) is 42.4 Å². The first-order valence-corrected chi connectivity index (χ1v) is 11.7. The number of amides is 4. The van der Waals surface area contributed by atoms with E-state index in [2.05, 4.69) is 50.0 Å². The van der Waals surface area contributed by atoms with Gasteiger partial charge in [0.15, 0.2) is 0 Å². The van der Waals surface area contributed by atoms with Gasteiger partial charge >= 0.3 is 6.03 Å². The Morgan fingerprint density at radius 3 is 2.38 bits per heavy atom. The van der Waals surface area contributed by atoms with E-state index >= 15 is 0 Å². The van der Waals surface area contributed by atoms with Gasteiger partial charge in [0.1, 0.15) is 6.04 Å². The fourth-order valence-corrected chi connectivity index (χ4v) is 4.27. The van der Waals surface area contributed by atoms with Gasteiger partial charge in [0.05, 0.1) is 24.5 Å². The van der Waals surface area contributed by atoms with Crippen LogP contribution in [0.2, 0.25) is 0 Å². The van der Waals surface area contributed by atoms with Crippen LogP contribution in [-0.4, -0.2) is 46.9 Å². The van der Waals surface area contributed by atoms with Crippen molar-refractivity contribution in [2.24, 2.45) is 11.8 Å². The van der Waals surface area contributed by atoms with Gasteiger partial charge in [-0.1, -0.05) is 26.0 Å². The molecule has 2 aliphatic heterocycles. The molecule has 0 bridgehead atoms. The largest absolute Gasteiger partial charge is 0.353 e. The van der Waals surface area contributed by atoms with E-state index in [0.29, 0.717) is 6.54 Å². The number of nitrogens with one attached hydrogen (secondary N) is 4. The zero-order valence-corrected chi connectivity index (χ0v) is 19.5. The zero-order chi connectivity index (χ0) is 24.1. The topological polar surface area (TPSA) is 128 Å². The smallest absolute Gasteiger partial charge is 0.322 e. The maximum Gasteiger partial charge on any atom is 0.322 e. The van der Waals surface area contributed by atoms with Crippen molar-refractivity contribution >= 4 is 35.2 Å². The molecular weight excluding hydrogens is 434 g/mol. The maximum absolute atomic E-state index is 12.2. The highest BCUT2D eigenvalue weighted by Crippen LogP contribution is 2.26. The number of aromatic nitrogens is 2. The number of hydrogen-bond acceptors (Lipinski definition) is 7. The number of nitrogens with zero attached hydrogens (tertiary/aromatic N) is 3. The van der Waals surface area contributed by atoms with Crippen LogP contribution in [0.3, 0.4) is 0 Å². The molecule has 10 nitrogen and oxygen atoms in total. The second-order valence-electron chi connectivity index (χ2n) is 9.16. The average molecular weight is 466 g/mol. The van der Waals surface area contributed by atoms with Gasteiger partial charge in [0.25, 0.3) is 0 Å². The lowest BCUT2D eigenvalue weighted by Crippen LogP contribution is -2.57. The summed E-state index contributed by atoms with van der Waals surface area (Å²) in [7, 11) is 0. The first-order chi connectivity index (χ1) is 16.4. The summed E-state index contributed by atoms with van der Waals surface area (Å²) in [4.78, 5) is 46.3. The third-order valence-electron chi connectivity index (χ3n) is 6.38. The molecule has 34 heavy (non-hydrogen) atoms. The second kappa shape index (κ2) is 10.5. The number of imide groups is 1. The number of benzene rings is 1. The van der Waals surface area contributed by atoms with E-state index in [4.69, 9.17) is 0 Å². The number of hydrogen-bond donors (Lipinski definition) is 4. The summed E-state index contributed by atoms with van der Waals surface area (Å²) in [6.45, 7) is 6.86. The molecule has 10 heteroatoms. The summed E-state index contributed by atoms with van der Waals surface area (Å²) in [5, 5.41) is 10.6. The summed E-state index contributed by atoms with van der Waals surface area (Å²) in [5.41, 5.74) is 2.57. The third kappa shape index (κ3) is 6.00. The molecule has 0 radical (unpaired) electrons. The lowest BCUT2D eigenvalue weighted by atomic mass is 9.87. The van der Waals surface area contributed by atoms with Gasteiger partial charge in [0, 0.05) is 25.3 Å². The number of urea groups is 1. The molecule has 2 aromatic rings. The van der Waals surface area contributed by atoms with Crippen molar-refractivity contribution in [2.75, 3.05) is 23.3 Å². The van der Waals surface area contributed by atoms with Crippen LogP contribution < -0.4 is 26.2 Å². The fraction of sp³-hybridized carbons (Fsp3) is 0.458. The number of piperidine rings is 1. The molecule has 3 heterocycles. The number of anilines is 3. The van der Waals surface area contributed by atoms with E-state index in [9.17, 15) is 14.4 Å². The maximum atomic E-state index is 12.2. The first-order valence-electron chi connectivity index (χ1n) is 11.7. The number of rotatable bonds is 7. The van der Waals surface area contributed by atoms with Crippen LogP contribution in [0.25, 0.3) is 0 Å². The molecule has 0 unspecified atom stereocenters. The lowest BCUT2D eigenvalue weighted by Gasteiger charge is -2.33. The predicted molar refractivity (Wildman–Crippen MR) is 128 cm³/mol. The van der Waals surface area contributed by atoms with Crippen LogP contribution in [0.5, 0.6) is 0 Å². The first kappa shape index (κ1) is 23.5. The van der Waals surface area contributed by atoms with Gasteiger partial charge in [0.2, 0.25) is 17.8 Å². The van der Waals surface area contributed by atoms with Crippen molar-refractivity contribution in [3.8, 4) is 0 Å². The summed E-state index contributed by atoms with van der Waals surface area (Å²) >= 11 is 0. The van der Waals surface area contributed by atoms with E-state index in [1.54, 1.807) is 12.4 Å². The molecule has 0 spiro atoms. The van der Waals surface area contributed by atoms with Gasteiger partial charge in [-0.15, -0.1) is 0 Å². The van der Waals surface area contributed by atoms with Gasteiger partial charge in [-0.3, -0.25) is 14.9 Å². The molecule has 2 fully saturated rings. The molecule has 0 saturated carbocycles. The highest BCUT2D eigenvalue weighted by Gasteiger charge is 2.29. The Morgan fingerprint density at radius 2 is 1.76 bits per heavy atom. The SMILES string of the molecule is CC(C)C1CCN(c2ncc(Nc3ccc(CNC(=O)[C@@H]4CC(=O)NC(=O)N4)cc3)cn2)CC1. The van der Waals surface area contributed by atoms with E-state index in [0.717, 1.165) is 47.8 Å². The standard InChI is InChI=1S/C24H31N7O3/c1-15(2)17-7-9-31(10-8-17)23-26-13-19(14-27-23)28-18-5-3-16(4-6-18)12-25-22(33)20-11-21(32)30-24(34)29-20/h3-6,13-15,17,20,28H,7-12H2,1-2H3,(H,25,33)(H2,29,30,32,34)/t20-/m0/s1. The number of carbonyl (C=O) groups is 3. The molecule has 2 aliphatic rings. The normalized spacial score (nSPS) is 18.9. The summed E-state index contributed by atoms with van der Waals surface area (Å²) in [6, 6.07) is 6.08. The molecule has 4 rings (SSSR count). The van der Waals surface area contributed by atoms with E-state index in [1.165, 1.54) is 12.8 Å². The molecule has 4 amide bonds. The van der Waals surface area contributed by atoms with Crippen molar-refractivity contribution in [1.29, 1.82) is 0 Å². The molecule has 180 valence electrons. The summed E-state index contributed by atoms with van der Waals surface area (Å²) < 4.78 is 0.